The summed E-state index contributed by atoms with van der Waals surface area (Å²) < 4.78 is 0. The van der Waals surface area contributed by atoms with Crippen LogP contribution in [0.3, 0.4) is 0 Å². The molecule has 0 radical (unpaired) electrons. The second-order valence-electron chi connectivity index (χ2n) is 5.76. The zero-order chi connectivity index (χ0) is 14.9. The number of hydrogen-bond acceptors (Lipinski definition) is 3. The SMILES string of the molecule is O=C(Cc1c[nH]c2ccccc12)Nc1n[nH]c(C2CCC2)n1. The molecule has 2 aromatic heterocycles. The highest BCUT2D eigenvalue weighted by Gasteiger charge is 2.23. The molecule has 22 heavy (non-hydrogen) atoms. The van der Waals surface area contributed by atoms with Gasteiger partial charge in [-0.25, -0.2) is 0 Å². The molecule has 1 amide bonds. The molecular weight excluding hydrogens is 278 g/mol. The Hall–Kier alpha value is -2.63. The number of H-pyrrole nitrogens is 2. The second kappa shape index (κ2) is 5.29. The Bertz CT molecular complexity index is 815. The van der Waals surface area contributed by atoms with E-state index in [-0.39, 0.29) is 5.91 Å². The maximum atomic E-state index is 12.2. The third kappa shape index (κ3) is 2.36. The van der Waals surface area contributed by atoms with E-state index in [1.165, 1.54) is 6.42 Å². The summed E-state index contributed by atoms with van der Waals surface area (Å²) >= 11 is 0. The second-order valence-corrected chi connectivity index (χ2v) is 5.76. The average molecular weight is 295 g/mol. The van der Waals surface area contributed by atoms with Gasteiger partial charge in [0, 0.05) is 23.0 Å². The van der Waals surface area contributed by atoms with E-state index in [0.717, 1.165) is 35.1 Å². The Kier molecular flexibility index (Phi) is 3.14. The van der Waals surface area contributed by atoms with Crippen LogP contribution in [0.25, 0.3) is 10.9 Å². The van der Waals surface area contributed by atoms with Crippen molar-refractivity contribution in [1.29, 1.82) is 0 Å². The van der Waals surface area contributed by atoms with Crippen LogP contribution < -0.4 is 5.32 Å². The number of para-hydroxylation sites is 1. The quantitative estimate of drug-likeness (QED) is 0.691. The first-order chi connectivity index (χ1) is 10.8. The molecule has 4 rings (SSSR count). The molecular formula is C16H17N5O. The molecule has 1 aliphatic rings. The van der Waals surface area contributed by atoms with Crippen molar-refractivity contribution in [3.05, 3.63) is 41.9 Å². The Balaban J connectivity index is 1.44. The van der Waals surface area contributed by atoms with Crippen molar-refractivity contribution in [2.45, 2.75) is 31.6 Å². The first-order valence-electron chi connectivity index (χ1n) is 7.57. The number of hydrogen-bond donors (Lipinski definition) is 3. The van der Waals surface area contributed by atoms with Crippen LogP contribution in [0.2, 0.25) is 0 Å². The van der Waals surface area contributed by atoms with Crippen molar-refractivity contribution in [1.82, 2.24) is 20.2 Å². The molecule has 1 aromatic carbocycles. The van der Waals surface area contributed by atoms with E-state index < -0.39 is 0 Å². The maximum Gasteiger partial charge on any atom is 0.248 e. The van der Waals surface area contributed by atoms with Crippen molar-refractivity contribution in [2.24, 2.45) is 0 Å². The van der Waals surface area contributed by atoms with Crippen LogP contribution in [-0.2, 0) is 11.2 Å². The molecule has 112 valence electrons. The summed E-state index contributed by atoms with van der Waals surface area (Å²) in [6, 6.07) is 7.95. The Labute approximate surface area is 127 Å². The average Bonchev–Trinajstić information content (AvgIpc) is 3.05. The lowest BCUT2D eigenvalue weighted by molar-refractivity contribution is -0.115. The Morgan fingerprint density at radius 1 is 1.32 bits per heavy atom. The van der Waals surface area contributed by atoms with Crippen LogP contribution in [0.5, 0.6) is 0 Å². The minimum atomic E-state index is -0.107. The van der Waals surface area contributed by atoms with Crippen LogP contribution in [0.4, 0.5) is 5.95 Å². The number of benzene rings is 1. The molecule has 1 saturated carbocycles. The minimum absolute atomic E-state index is 0.107. The van der Waals surface area contributed by atoms with Gasteiger partial charge in [-0.1, -0.05) is 24.6 Å². The molecule has 0 bridgehead atoms. The molecule has 1 aliphatic carbocycles. The van der Waals surface area contributed by atoms with Gasteiger partial charge in [-0.3, -0.25) is 15.2 Å². The number of aromatic nitrogens is 4. The summed E-state index contributed by atoms with van der Waals surface area (Å²) in [5, 5.41) is 10.8. The standard InChI is InChI=1S/C16H17N5O/c22-14(8-11-9-17-13-7-2-1-6-12(11)13)18-16-19-15(20-21-16)10-4-3-5-10/h1-2,6-7,9-10,17H,3-5,8H2,(H2,18,19,20,21,22). The molecule has 0 saturated heterocycles. The Morgan fingerprint density at radius 3 is 3.00 bits per heavy atom. The predicted octanol–water partition coefficient (Wildman–Crippen LogP) is 2.73. The Morgan fingerprint density at radius 2 is 2.18 bits per heavy atom. The fourth-order valence-electron chi connectivity index (χ4n) is 2.81. The first-order valence-corrected chi connectivity index (χ1v) is 7.57. The lowest BCUT2D eigenvalue weighted by atomic mass is 9.85. The van der Waals surface area contributed by atoms with Crippen molar-refractivity contribution >= 4 is 22.8 Å². The number of nitrogens with zero attached hydrogens (tertiary/aromatic N) is 2. The predicted molar refractivity (Wildman–Crippen MR) is 83.6 cm³/mol. The lowest BCUT2D eigenvalue weighted by Crippen LogP contribution is -2.15. The number of fused-ring (bicyclic) bond motifs is 1. The van der Waals surface area contributed by atoms with Gasteiger partial charge in [0.05, 0.1) is 6.42 Å². The number of carbonyl (C=O) groups is 1. The van der Waals surface area contributed by atoms with Gasteiger partial charge in [0.15, 0.2) is 0 Å². The van der Waals surface area contributed by atoms with E-state index in [0.29, 0.717) is 18.3 Å². The van der Waals surface area contributed by atoms with Crippen molar-refractivity contribution in [2.75, 3.05) is 5.32 Å². The number of amides is 1. The van der Waals surface area contributed by atoms with Crippen LogP contribution in [0, 0.1) is 0 Å². The molecule has 1 fully saturated rings. The van der Waals surface area contributed by atoms with Gasteiger partial charge in [-0.2, -0.15) is 4.98 Å². The van der Waals surface area contributed by atoms with E-state index in [4.69, 9.17) is 0 Å². The molecule has 3 N–H and O–H groups in total. The molecule has 0 aliphatic heterocycles. The molecule has 0 atom stereocenters. The number of carbonyl (C=O) groups excluding carboxylic acids is 1. The normalized spacial score (nSPS) is 14.9. The van der Waals surface area contributed by atoms with Gasteiger partial charge >= 0.3 is 0 Å². The molecule has 0 spiro atoms. The summed E-state index contributed by atoms with van der Waals surface area (Å²) in [7, 11) is 0. The van der Waals surface area contributed by atoms with Crippen LogP contribution >= 0.6 is 0 Å². The van der Waals surface area contributed by atoms with Gasteiger partial charge < -0.3 is 4.98 Å². The minimum Gasteiger partial charge on any atom is -0.361 e. The highest BCUT2D eigenvalue weighted by Crippen LogP contribution is 2.34. The summed E-state index contributed by atoms with van der Waals surface area (Å²) in [5.74, 6) is 1.62. The lowest BCUT2D eigenvalue weighted by Gasteiger charge is -2.22. The summed E-state index contributed by atoms with van der Waals surface area (Å²) in [6.07, 6.45) is 5.72. The third-order valence-electron chi connectivity index (χ3n) is 4.27. The maximum absolute atomic E-state index is 12.2. The monoisotopic (exact) mass is 295 g/mol. The fourth-order valence-corrected chi connectivity index (χ4v) is 2.81. The number of nitrogens with one attached hydrogen (secondary N) is 3. The zero-order valence-electron chi connectivity index (χ0n) is 12.1. The number of anilines is 1. The smallest absolute Gasteiger partial charge is 0.248 e. The topological polar surface area (TPSA) is 86.5 Å². The first kappa shape index (κ1) is 13.1. The molecule has 2 heterocycles. The van der Waals surface area contributed by atoms with Gasteiger partial charge in [0.25, 0.3) is 0 Å². The van der Waals surface area contributed by atoms with Crippen molar-refractivity contribution in [3.8, 4) is 0 Å². The molecule has 6 nitrogen and oxygen atoms in total. The van der Waals surface area contributed by atoms with Gasteiger partial charge in [0.2, 0.25) is 11.9 Å². The van der Waals surface area contributed by atoms with E-state index in [1.54, 1.807) is 0 Å². The summed E-state index contributed by atoms with van der Waals surface area (Å²) in [5.41, 5.74) is 2.01. The van der Waals surface area contributed by atoms with E-state index >= 15 is 0 Å². The van der Waals surface area contributed by atoms with E-state index in [9.17, 15) is 4.79 Å². The summed E-state index contributed by atoms with van der Waals surface area (Å²) in [4.78, 5) is 19.7. The van der Waals surface area contributed by atoms with Crippen LogP contribution in [-0.4, -0.2) is 26.1 Å². The zero-order valence-corrected chi connectivity index (χ0v) is 12.1. The summed E-state index contributed by atoms with van der Waals surface area (Å²) in [6.45, 7) is 0. The van der Waals surface area contributed by atoms with E-state index in [1.807, 2.05) is 30.5 Å². The van der Waals surface area contributed by atoms with Gasteiger partial charge in [0.1, 0.15) is 5.82 Å². The fraction of sp³-hybridized carbons (Fsp3) is 0.312. The third-order valence-corrected chi connectivity index (χ3v) is 4.27. The molecule has 3 aromatic rings. The van der Waals surface area contributed by atoms with Crippen molar-refractivity contribution < 1.29 is 4.79 Å². The number of rotatable bonds is 4. The van der Waals surface area contributed by atoms with Crippen LogP contribution in [0.1, 0.15) is 36.6 Å². The highest BCUT2D eigenvalue weighted by molar-refractivity contribution is 5.94. The highest BCUT2D eigenvalue weighted by atomic mass is 16.1. The molecule has 0 unspecified atom stereocenters. The molecule has 6 heteroatoms. The largest absolute Gasteiger partial charge is 0.361 e. The van der Waals surface area contributed by atoms with Gasteiger partial charge in [-0.05, 0) is 24.5 Å². The van der Waals surface area contributed by atoms with Crippen molar-refractivity contribution in [3.63, 3.8) is 0 Å². The van der Waals surface area contributed by atoms with Gasteiger partial charge in [-0.15, -0.1) is 5.10 Å². The van der Waals surface area contributed by atoms with E-state index in [2.05, 4.69) is 25.5 Å². The number of aromatic amines is 2. The van der Waals surface area contributed by atoms with Crippen LogP contribution in [0.15, 0.2) is 30.5 Å².